The molecule has 0 fully saturated rings. The van der Waals surface area contributed by atoms with E-state index in [0.717, 1.165) is 19.6 Å². The molecule has 88 valence electrons. The molecule has 1 atom stereocenters. The molecule has 0 rings (SSSR count). The van der Waals surface area contributed by atoms with Gasteiger partial charge < -0.3 is 0 Å². The van der Waals surface area contributed by atoms with Crippen LogP contribution >= 0.6 is 0 Å². The van der Waals surface area contributed by atoms with Gasteiger partial charge in [-0.15, -0.1) is 6.58 Å². The Bertz CT molecular complexity index is 190. The average Bonchev–Trinajstić information content (AvgIpc) is 2.25. The maximum atomic E-state index is 3.80. The summed E-state index contributed by atoms with van der Waals surface area (Å²) in [4.78, 5) is 2.45. The molecule has 0 spiro atoms. The highest BCUT2D eigenvalue weighted by molar-refractivity contribution is 5.00. The van der Waals surface area contributed by atoms with Crippen LogP contribution in [-0.4, -0.2) is 24.5 Å². The van der Waals surface area contributed by atoms with Crippen LogP contribution in [0.2, 0.25) is 0 Å². The van der Waals surface area contributed by atoms with Gasteiger partial charge in [0.05, 0.1) is 0 Å². The summed E-state index contributed by atoms with van der Waals surface area (Å²) in [5.41, 5.74) is 1.50. The first kappa shape index (κ1) is 14.4. The first-order valence-corrected chi connectivity index (χ1v) is 6.14. The van der Waals surface area contributed by atoms with E-state index in [1.807, 2.05) is 6.08 Å². The smallest absolute Gasteiger partial charge is 0.0189 e. The van der Waals surface area contributed by atoms with E-state index in [9.17, 15) is 0 Å². The SMILES string of the molecule is C=CC(C)CC/C=C(\C)CN(CC)CC. The van der Waals surface area contributed by atoms with Crippen molar-refractivity contribution in [2.75, 3.05) is 19.6 Å². The largest absolute Gasteiger partial charge is 0.300 e. The summed E-state index contributed by atoms with van der Waals surface area (Å²) >= 11 is 0. The third kappa shape index (κ3) is 7.38. The first-order chi connectivity index (χ1) is 7.13. The second-order valence-electron chi connectivity index (χ2n) is 4.30. The van der Waals surface area contributed by atoms with E-state index in [1.54, 1.807) is 0 Å². The lowest BCUT2D eigenvalue weighted by molar-refractivity contribution is 0.329. The Morgan fingerprint density at radius 1 is 1.33 bits per heavy atom. The van der Waals surface area contributed by atoms with Crippen LogP contribution in [0.5, 0.6) is 0 Å². The van der Waals surface area contributed by atoms with Crippen molar-refractivity contribution in [3.63, 3.8) is 0 Å². The summed E-state index contributed by atoms with van der Waals surface area (Å²) in [5.74, 6) is 0.641. The second-order valence-corrected chi connectivity index (χ2v) is 4.30. The number of likely N-dealkylation sites (N-methyl/N-ethyl adjacent to an activating group) is 1. The summed E-state index contributed by atoms with van der Waals surface area (Å²) in [6.07, 6.45) is 6.81. The molecule has 15 heavy (non-hydrogen) atoms. The first-order valence-electron chi connectivity index (χ1n) is 6.14. The van der Waals surface area contributed by atoms with Gasteiger partial charge >= 0.3 is 0 Å². The molecule has 0 aromatic carbocycles. The molecule has 0 N–H and O–H groups in total. The van der Waals surface area contributed by atoms with E-state index >= 15 is 0 Å². The zero-order valence-corrected chi connectivity index (χ0v) is 10.9. The molecular weight excluding hydrogens is 182 g/mol. The average molecular weight is 209 g/mol. The fourth-order valence-corrected chi connectivity index (χ4v) is 1.57. The van der Waals surface area contributed by atoms with Crippen molar-refractivity contribution in [1.82, 2.24) is 4.90 Å². The highest BCUT2D eigenvalue weighted by Crippen LogP contribution is 2.08. The predicted octanol–water partition coefficient (Wildman–Crippen LogP) is 3.88. The number of allylic oxidation sites excluding steroid dienone is 2. The van der Waals surface area contributed by atoms with Crippen LogP contribution in [-0.2, 0) is 0 Å². The number of rotatable bonds is 8. The molecule has 0 amide bonds. The number of hydrogen-bond donors (Lipinski definition) is 0. The van der Waals surface area contributed by atoms with Crippen molar-refractivity contribution in [2.24, 2.45) is 5.92 Å². The summed E-state index contributed by atoms with van der Waals surface area (Å²) in [6, 6.07) is 0. The van der Waals surface area contributed by atoms with E-state index in [-0.39, 0.29) is 0 Å². The van der Waals surface area contributed by atoms with Crippen LogP contribution in [0.15, 0.2) is 24.3 Å². The van der Waals surface area contributed by atoms with Crippen molar-refractivity contribution < 1.29 is 0 Å². The van der Waals surface area contributed by atoms with Gasteiger partial charge in [0.15, 0.2) is 0 Å². The monoisotopic (exact) mass is 209 g/mol. The van der Waals surface area contributed by atoms with Gasteiger partial charge in [-0.2, -0.15) is 0 Å². The summed E-state index contributed by atoms with van der Waals surface area (Å²) < 4.78 is 0. The van der Waals surface area contributed by atoms with Crippen molar-refractivity contribution in [2.45, 2.75) is 40.5 Å². The third-order valence-corrected chi connectivity index (χ3v) is 2.88. The quantitative estimate of drug-likeness (QED) is 0.548. The Labute approximate surface area is 95.9 Å². The number of hydrogen-bond acceptors (Lipinski definition) is 1. The standard InChI is InChI=1S/C14H27N/c1-6-13(4)10-9-11-14(5)12-15(7-2)8-3/h6,11,13H,1,7-10,12H2,2-5H3/b14-11+. The minimum Gasteiger partial charge on any atom is -0.300 e. The molecule has 0 aromatic rings. The molecule has 0 saturated heterocycles. The predicted molar refractivity (Wildman–Crippen MR) is 70.1 cm³/mol. The van der Waals surface area contributed by atoms with Crippen LogP contribution in [0, 0.1) is 5.92 Å². The van der Waals surface area contributed by atoms with E-state index in [2.05, 4.69) is 45.2 Å². The van der Waals surface area contributed by atoms with Crippen LogP contribution in [0.3, 0.4) is 0 Å². The maximum Gasteiger partial charge on any atom is 0.0189 e. The van der Waals surface area contributed by atoms with Gasteiger partial charge in [0.1, 0.15) is 0 Å². The van der Waals surface area contributed by atoms with E-state index in [4.69, 9.17) is 0 Å². The van der Waals surface area contributed by atoms with Gasteiger partial charge in [-0.05, 0) is 38.8 Å². The van der Waals surface area contributed by atoms with Gasteiger partial charge in [0.25, 0.3) is 0 Å². The van der Waals surface area contributed by atoms with Crippen molar-refractivity contribution in [3.8, 4) is 0 Å². The second kappa shape index (κ2) is 8.72. The molecule has 1 nitrogen and oxygen atoms in total. The van der Waals surface area contributed by atoms with Gasteiger partial charge in [-0.25, -0.2) is 0 Å². The van der Waals surface area contributed by atoms with Crippen LogP contribution in [0.25, 0.3) is 0 Å². The fourth-order valence-electron chi connectivity index (χ4n) is 1.57. The molecule has 0 aliphatic carbocycles. The zero-order chi connectivity index (χ0) is 11.7. The van der Waals surface area contributed by atoms with E-state index < -0.39 is 0 Å². The summed E-state index contributed by atoms with van der Waals surface area (Å²) in [5, 5.41) is 0. The van der Waals surface area contributed by atoms with Crippen molar-refractivity contribution >= 4 is 0 Å². The Kier molecular flexibility index (Phi) is 8.40. The Morgan fingerprint density at radius 2 is 1.93 bits per heavy atom. The summed E-state index contributed by atoms with van der Waals surface area (Å²) in [6.45, 7) is 16.1. The molecule has 0 heterocycles. The minimum absolute atomic E-state index is 0.641. The van der Waals surface area contributed by atoms with Crippen molar-refractivity contribution in [3.05, 3.63) is 24.3 Å². The normalized spacial score (nSPS) is 14.3. The van der Waals surface area contributed by atoms with Crippen LogP contribution < -0.4 is 0 Å². The van der Waals surface area contributed by atoms with Gasteiger partial charge in [0, 0.05) is 6.54 Å². The molecule has 0 aromatic heterocycles. The molecule has 1 heteroatoms. The highest BCUT2D eigenvalue weighted by atomic mass is 15.1. The highest BCUT2D eigenvalue weighted by Gasteiger charge is 1.99. The lowest BCUT2D eigenvalue weighted by Crippen LogP contribution is -2.24. The molecule has 0 radical (unpaired) electrons. The topological polar surface area (TPSA) is 3.24 Å². The van der Waals surface area contributed by atoms with Crippen LogP contribution in [0.4, 0.5) is 0 Å². The molecule has 1 unspecified atom stereocenters. The molecule has 0 aliphatic rings. The van der Waals surface area contributed by atoms with Gasteiger partial charge in [-0.1, -0.05) is 38.5 Å². The third-order valence-electron chi connectivity index (χ3n) is 2.88. The van der Waals surface area contributed by atoms with Crippen LogP contribution in [0.1, 0.15) is 40.5 Å². The number of nitrogens with zero attached hydrogens (tertiary/aromatic N) is 1. The van der Waals surface area contributed by atoms with Gasteiger partial charge in [0.2, 0.25) is 0 Å². The Morgan fingerprint density at radius 3 is 2.40 bits per heavy atom. The summed E-state index contributed by atoms with van der Waals surface area (Å²) in [7, 11) is 0. The maximum absolute atomic E-state index is 3.80. The Hall–Kier alpha value is -0.560. The molecular formula is C14H27N. The lowest BCUT2D eigenvalue weighted by atomic mass is 10.0. The molecule has 0 aliphatic heterocycles. The molecule has 0 saturated carbocycles. The fraction of sp³-hybridized carbons (Fsp3) is 0.714. The van der Waals surface area contributed by atoms with Gasteiger partial charge in [-0.3, -0.25) is 4.90 Å². The van der Waals surface area contributed by atoms with Crippen molar-refractivity contribution in [1.29, 1.82) is 0 Å². The zero-order valence-electron chi connectivity index (χ0n) is 10.9. The van der Waals surface area contributed by atoms with E-state index in [1.165, 1.54) is 18.4 Å². The van der Waals surface area contributed by atoms with E-state index in [0.29, 0.717) is 5.92 Å². The minimum atomic E-state index is 0.641. The Balaban J connectivity index is 3.82. The molecule has 0 bridgehead atoms. The lowest BCUT2D eigenvalue weighted by Gasteiger charge is -2.18.